The molecule has 1 unspecified atom stereocenters. The smallest absolute Gasteiger partial charge is 0.481 e. The van der Waals surface area contributed by atoms with Gasteiger partial charge in [-0.1, -0.05) is 67.8 Å². The van der Waals surface area contributed by atoms with Crippen molar-refractivity contribution in [1.29, 1.82) is 0 Å². The first kappa shape index (κ1) is 35.6. The Morgan fingerprint density at radius 1 is 0.922 bits per heavy atom. The molecule has 1 heterocycles. The van der Waals surface area contributed by atoms with E-state index in [-0.39, 0.29) is 36.5 Å². The van der Waals surface area contributed by atoms with Gasteiger partial charge < -0.3 is 20.5 Å². The zero-order valence-corrected chi connectivity index (χ0v) is 28.4. The van der Waals surface area contributed by atoms with E-state index in [0.29, 0.717) is 22.0 Å². The number of nitrogens with zero attached hydrogens (tertiary/aromatic N) is 1. The number of carbonyl (C=O) groups excluding carboxylic acids is 2. The molecule has 1 saturated carbocycles. The largest absolute Gasteiger partial charge is 0.573 e. The molecule has 12 heteroatoms. The molecule has 264 valence electrons. The average Bonchev–Trinajstić information content (AvgIpc) is 3.55. The van der Waals surface area contributed by atoms with Crippen molar-refractivity contribution in [3.05, 3.63) is 113 Å². The Labute approximate surface area is 296 Å². The fraction of sp³-hybridized carbons (Fsp3) is 0.282. The van der Waals surface area contributed by atoms with Crippen molar-refractivity contribution in [2.24, 2.45) is 0 Å². The number of benzene rings is 4. The van der Waals surface area contributed by atoms with E-state index in [2.05, 4.69) is 32.5 Å². The van der Waals surface area contributed by atoms with Gasteiger partial charge in [0, 0.05) is 17.8 Å². The van der Waals surface area contributed by atoms with Crippen molar-refractivity contribution < 1.29 is 37.4 Å². The molecule has 1 aromatic heterocycles. The number of aromatic nitrogens is 1. The van der Waals surface area contributed by atoms with Crippen molar-refractivity contribution in [3.8, 4) is 16.3 Å². The van der Waals surface area contributed by atoms with E-state index < -0.39 is 29.9 Å². The van der Waals surface area contributed by atoms with Gasteiger partial charge in [-0.3, -0.25) is 14.4 Å². The average molecular weight is 716 g/mol. The molecular formula is C39H36F3N3O5S. The van der Waals surface area contributed by atoms with Gasteiger partial charge in [0.15, 0.2) is 0 Å². The number of hydrogen-bond acceptors (Lipinski definition) is 6. The van der Waals surface area contributed by atoms with Crippen LogP contribution in [0.2, 0.25) is 0 Å². The monoisotopic (exact) mass is 715 g/mol. The standard InChI is InChI=1S/C39H36F3N3O5S/c40-39(41,42)50-33-19-18-29(23-31(33)38-45-32-8-4-5-9-34(32)51-38)44-37(49)30(27-16-14-26(15-17-27)25-6-2-1-3-7-25)22-24-10-12-28(13-11-24)36(48)43-21-20-35(46)47/h4-5,8-19,23,25,30H,1-3,6-7,20-22H2,(H,43,48)(H,44,49)(H,46,47). The van der Waals surface area contributed by atoms with E-state index in [1.165, 1.54) is 54.4 Å². The molecule has 0 spiro atoms. The number of nitrogens with one attached hydrogen (secondary N) is 2. The summed E-state index contributed by atoms with van der Waals surface area (Å²) in [7, 11) is 0. The Bertz CT molecular complexity index is 1970. The lowest BCUT2D eigenvalue weighted by Gasteiger charge is -2.23. The lowest BCUT2D eigenvalue weighted by Crippen LogP contribution is -2.26. The summed E-state index contributed by atoms with van der Waals surface area (Å²) in [4.78, 5) is 41.9. The number of aliphatic carboxylic acids is 1. The molecule has 0 bridgehead atoms. The number of para-hydroxylation sites is 1. The third-order valence-corrected chi connectivity index (χ3v) is 10.1. The number of carbonyl (C=O) groups is 3. The fourth-order valence-electron chi connectivity index (χ4n) is 6.42. The van der Waals surface area contributed by atoms with E-state index in [4.69, 9.17) is 5.11 Å². The maximum absolute atomic E-state index is 14.1. The Hall–Kier alpha value is -5.23. The minimum atomic E-state index is -4.93. The summed E-state index contributed by atoms with van der Waals surface area (Å²) in [6.45, 7) is -0.000984. The van der Waals surface area contributed by atoms with Crippen LogP contribution in [0, 0.1) is 0 Å². The summed E-state index contributed by atoms with van der Waals surface area (Å²) in [5.41, 5.74) is 4.13. The number of anilines is 1. The highest BCUT2D eigenvalue weighted by atomic mass is 32.1. The summed E-state index contributed by atoms with van der Waals surface area (Å²) in [6, 6.07) is 26.0. The van der Waals surface area contributed by atoms with Gasteiger partial charge in [-0.2, -0.15) is 0 Å². The zero-order valence-electron chi connectivity index (χ0n) is 27.5. The second kappa shape index (κ2) is 15.8. The first-order valence-corrected chi connectivity index (χ1v) is 17.6. The molecule has 2 amide bonds. The van der Waals surface area contributed by atoms with E-state index in [0.717, 1.165) is 28.7 Å². The molecule has 0 saturated heterocycles. The Kier molecular flexibility index (Phi) is 11.0. The number of thiazole rings is 1. The summed E-state index contributed by atoms with van der Waals surface area (Å²) < 4.78 is 45.4. The van der Waals surface area contributed by atoms with E-state index in [1.807, 2.05) is 24.3 Å². The molecule has 5 aromatic rings. The van der Waals surface area contributed by atoms with Crippen LogP contribution < -0.4 is 15.4 Å². The third-order valence-electron chi connectivity index (χ3n) is 9.01. The maximum atomic E-state index is 14.1. The Morgan fingerprint density at radius 2 is 1.65 bits per heavy atom. The van der Waals surface area contributed by atoms with Gasteiger partial charge >= 0.3 is 12.3 Å². The number of amides is 2. The van der Waals surface area contributed by atoms with Gasteiger partial charge in [0.1, 0.15) is 10.8 Å². The first-order valence-electron chi connectivity index (χ1n) is 16.8. The quantitative estimate of drug-likeness (QED) is 0.119. The molecule has 1 aliphatic carbocycles. The predicted molar refractivity (Wildman–Crippen MR) is 190 cm³/mol. The van der Waals surface area contributed by atoms with Gasteiger partial charge in [0.25, 0.3) is 5.91 Å². The molecule has 3 N–H and O–H groups in total. The molecule has 1 atom stereocenters. The van der Waals surface area contributed by atoms with Gasteiger partial charge in [-0.15, -0.1) is 24.5 Å². The number of carboxylic acid groups (broad SMARTS) is 1. The normalized spacial score (nSPS) is 14.2. The number of hydrogen-bond donors (Lipinski definition) is 3. The van der Waals surface area contributed by atoms with Crippen LogP contribution in [-0.4, -0.2) is 40.8 Å². The molecule has 1 aliphatic rings. The van der Waals surface area contributed by atoms with Crippen LogP contribution in [0.25, 0.3) is 20.8 Å². The topological polar surface area (TPSA) is 118 Å². The number of ether oxygens (including phenoxy) is 1. The van der Waals surface area contributed by atoms with Crippen LogP contribution >= 0.6 is 11.3 Å². The van der Waals surface area contributed by atoms with Gasteiger partial charge in [-0.05, 0) is 84.3 Å². The highest BCUT2D eigenvalue weighted by Gasteiger charge is 2.33. The van der Waals surface area contributed by atoms with Crippen LogP contribution in [0.4, 0.5) is 18.9 Å². The Morgan fingerprint density at radius 3 is 2.33 bits per heavy atom. The summed E-state index contributed by atoms with van der Waals surface area (Å²) >= 11 is 1.22. The van der Waals surface area contributed by atoms with Crippen molar-refractivity contribution in [2.45, 2.75) is 63.1 Å². The molecule has 4 aromatic carbocycles. The summed E-state index contributed by atoms with van der Waals surface area (Å²) in [6.07, 6.45) is 1.03. The second-order valence-corrected chi connectivity index (χ2v) is 13.6. The third kappa shape index (κ3) is 9.31. The molecule has 0 aliphatic heterocycles. The second-order valence-electron chi connectivity index (χ2n) is 12.6. The van der Waals surface area contributed by atoms with Crippen LogP contribution in [0.1, 0.15) is 77.4 Å². The van der Waals surface area contributed by atoms with Gasteiger partial charge in [-0.25, -0.2) is 4.98 Å². The highest BCUT2D eigenvalue weighted by molar-refractivity contribution is 7.21. The van der Waals surface area contributed by atoms with E-state index >= 15 is 0 Å². The lowest BCUT2D eigenvalue weighted by atomic mass is 9.83. The minimum absolute atomic E-state index is 0.000984. The van der Waals surface area contributed by atoms with Crippen molar-refractivity contribution in [2.75, 3.05) is 11.9 Å². The van der Waals surface area contributed by atoms with Crippen LogP contribution in [-0.2, 0) is 16.0 Å². The van der Waals surface area contributed by atoms with Gasteiger partial charge in [0.2, 0.25) is 5.91 Å². The van der Waals surface area contributed by atoms with E-state index in [9.17, 15) is 27.6 Å². The summed E-state index contributed by atoms with van der Waals surface area (Å²) in [5, 5.41) is 14.7. The molecule has 6 rings (SSSR count). The van der Waals surface area contributed by atoms with E-state index in [1.54, 1.807) is 36.4 Å². The zero-order chi connectivity index (χ0) is 36.0. The first-order chi connectivity index (χ1) is 24.5. The summed E-state index contributed by atoms with van der Waals surface area (Å²) in [5.74, 6) is -2.42. The van der Waals surface area contributed by atoms with Crippen molar-refractivity contribution in [1.82, 2.24) is 10.3 Å². The fourth-order valence-corrected chi connectivity index (χ4v) is 7.40. The number of carboxylic acids is 1. The highest BCUT2D eigenvalue weighted by Crippen LogP contribution is 2.40. The van der Waals surface area contributed by atoms with Crippen molar-refractivity contribution in [3.63, 3.8) is 0 Å². The number of rotatable bonds is 12. The molecule has 51 heavy (non-hydrogen) atoms. The Balaban J connectivity index is 1.28. The molecular weight excluding hydrogens is 680 g/mol. The van der Waals surface area contributed by atoms with Crippen LogP contribution in [0.5, 0.6) is 5.75 Å². The lowest BCUT2D eigenvalue weighted by molar-refractivity contribution is -0.274. The number of halogens is 3. The van der Waals surface area contributed by atoms with Gasteiger partial charge in [0.05, 0.1) is 28.1 Å². The minimum Gasteiger partial charge on any atom is -0.481 e. The molecule has 0 radical (unpaired) electrons. The number of alkyl halides is 3. The SMILES string of the molecule is O=C(O)CCNC(=O)c1ccc(CC(C(=O)Nc2ccc(OC(F)(F)F)c(-c3nc4ccccc4s3)c2)c2ccc(C3CCCCC3)cc2)cc1. The number of fused-ring (bicyclic) bond motifs is 1. The molecule has 1 fully saturated rings. The van der Waals surface area contributed by atoms with Crippen LogP contribution in [0.15, 0.2) is 91.0 Å². The van der Waals surface area contributed by atoms with Crippen LogP contribution in [0.3, 0.4) is 0 Å². The molecule has 8 nitrogen and oxygen atoms in total. The predicted octanol–water partition coefficient (Wildman–Crippen LogP) is 9.08. The van der Waals surface area contributed by atoms with Crippen molar-refractivity contribution >= 4 is 45.0 Å². The maximum Gasteiger partial charge on any atom is 0.573 e.